The molecule has 18 heavy (non-hydrogen) atoms. The van der Waals surface area contributed by atoms with Crippen LogP contribution in [-0.4, -0.2) is 42.8 Å². The van der Waals surface area contributed by atoms with Crippen molar-refractivity contribution in [3.63, 3.8) is 0 Å². The zero-order valence-corrected chi connectivity index (χ0v) is 10.9. The fourth-order valence-electron chi connectivity index (χ4n) is 2.31. The van der Waals surface area contributed by atoms with Crippen molar-refractivity contribution in [2.24, 2.45) is 5.73 Å². The molecule has 0 aliphatic carbocycles. The minimum Gasteiger partial charge on any atom is -0.497 e. The number of piperidine rings is 1. The van der Waals surface area contributed by atoms with E-state index >= 15 is 0 Å². The number of nitrogens with zero attached hydrogens (tertiary/aromatic N) is 1. The first-order valence-corrected chi connectivity index (χ1v) is 6.49. The van der Waals surface area contributed by atoms with Gasteiger partial charge in [0.25, 0.3) is 0 Å². The van der Waals surface area contributed by atoms with E-state index in [0.717, 1.165) is 37.2 Å². The lowest BCUT2D eigenvalue weighted by Crippen LogP contribution is -2.41. The molecule has 1 aliphatic heterocycles. The standard InChI is InChI=1S/C14H22N2O2/c1-18-13-4-2-11(3-5-13)14(17)10-16-8-6-12(15)7-9-16/h2-5,12,14,17H,6-10,15H2,1H3. The van der Waals surface area contributed by atoms with Crippen molar-refractivity contribution in [1.82, 2.24) is 4.90 Å². The van der Waals surface area contributed by atoms with E-state index in [9.17, 15) is 5.11 Å². The molecule has 0 bridgehead atoms. The number of nitrogens with two attached hydrogens (primary N) is 1. The summed E-state index contributed by atoms with van der Waals surface area (Å²) in [5, 5.41) is 10.2. The topological polar surface area (TPSA) is 58.7 Å². The number of β-amino-alcohol motifs (C(OH)–C–C–N with tert-alkyl or cyclic N) is 1. The van der Waals surface area contributed by atoms with Gasteiger partial charge < -0.3 is 20.5 Å². The van der Waals surface area contributed by atoms with Crippen LogP contribution in [0.4, 0.5) is 0 Å². The van der Waals surface area contributed by atoms with Gasteiger partial charge in [-0.2, -0.15) is 0 Å². The third kappa shape index (κ3) is 3.45. The number of rotatable bonds is 4. The largest absolute Gasteiger partial charge is 0.497 e. The number of aliphatic hydroxyl groups is 1. The predicted molar refractivity (Wildman–Crippen MR) is 71.6 cm³/mol. The van der Waals surface area contributed by atoms with Gasteiger partial charge >= 0.3 is 0 Å². The van der Waals surface area contributed by atoms with Crippen LogP contribution in [0.5, 0.6) is 5.75 Å². The first-order valence-electron chi connectivity index (χ1n) is 6.49. The first kappa shape index (κ1) is 13.3. The quantitative estimate of drug-likeness (QED) is 0.841. The summed E-state index contributed by atoms with van der Waals surface area (Å²) in [5.74, 6) is 0.815. The Hall–Kier alpha value is -1.10. The van der Waals surface area contributed by atoms with E-state index < -0.39 is 6.10 Å². The van der Waals surface area contributed by atoms with E-state index in [1.165, 1.54) is 0 Å². The number of aliphatic hydroxyl groups excluding tert-OH is 1. The van der Waals surface area contributed by atoms with Crippen molar-refractivity contribution in [2.45, 2.75) is 25.0 Å². The lowest BCUT2D eigenvalue weighted by Gasteiger charge is -2.31. The summed E-state index contributed by atoms with van der Waals surface area (Å²) in [6.45, 7) is 2.64. The van der Waals surface area contributed by atoms with Gasteiger partial charge in [-0.25, -0.2) is 0 Å². The van der Waals surface area contributed by atoms with Crippen LogP contribution < -0.4 is 10.5 Å². The molecule has 1 unspecified atom stereocenters. The summed E-state index contributed by atoms with van der Waals surface area (Å²) >= 11 is 0. The molecule has 1 fully saturated rings. The lowest BCUT2D eigenvalue weighted by molar-refractivity contribution is 0.0976. The van der Waals surface area contributed by atoms with Gasteiger partial charge in [0.2, 0.25) is 0 Å². The molecular weight excluding hydrogens is 228 g/mol. The number of likely N-dealkylation sites (tertiary alicyclic amines) is 1. The average Bonchev–Trinajstić information content (AvgIpc) is 2.41. The Morgan fingerprint density at radius 1 is 1.33 bits per heavy atom. The first-order chi connectivity index (χ1) is 8.69. The molecule has 100 valence electrons. The fraction of sp³-hybridized carbons (Fsp3) is 0.571. The molecule has 3 N–H and O–H groups in total. The summed E-state index contributed by atoms with van der Waals surface area (Å²) in [7, 11) is 1.64. The van der Waals surface area contributed by atoms with E-state index in [1.54, 1.807) is 7.11 Å². The predicted octanol–water partition coefficient (Wildman–Crippen LogP) is 1.15. The zero-order valence-electron chi connectivity index (χ0n) is 10.9. The summed E-state index contributed by atoms with van der Waals surface area (Å²) < 4.78 is 5.10. The van der Waals surface area contributed by atoms with Crippen molar-refractivity contribution in [3.05, 3.63) is 29.8 Å². The van der Waals surface area contributed by atoms with Gasteiger partial charge in [0.15, 0.2) is 0 Å². The molecule has 1 aromatic rings. The highest BCUT2D eigenvalue weighted by atomic mass is 16.5. The highest BCUT2D eigenvalue weighted by molar-refractivity contribution is 5.28. The molecule has 1 heterocycles. The zero-order chi connectivity index (χ0) is 13.0. The molecule has 1 saturated heterocycles. The Morgan fingerprint density at radius 2 is 1.94 bits per heavy atom. The number of ether oxygens (including phenoxy) is 1. The maximum Gasteiger partial charge on any atom is 0.118 e. The third-order valence-electron chi connectivity index (χ3n) is 3.56. The summed E-state index contributed by atoms with van der Waals surface area (Å²) in [4.78, 5) is 2.28. The van der Waals surface area contributed by atoms with Gasteiger partial charge in [-0.05, 0) is 43.6 Å². The van der Waals surface area contributed by atoms with Crippen molar-refractivity contribution >= 4 is 0 Å². The van der Waals surface area contributed by atoms with Gasteiger partial charge in [0.1, 0.15) is 5.75 Å². The SMILES string of the molecule is COc1ccc(C(O)CN2CCC(N)CC2)cc1. The Bertz CT molecular complexity index is 359. The van der Waals surface area contributed by atoms with E-state index in [-0.39, 0.29) is 0 Å². The minimum atomic E-state index is -0.440. The highest BCUT2D eigenvalue weighted by Crippen LogP contribution is 2.19. The van der Waals surface area contributed by atoms with Crippen LogP contribution in [0.15, 0.2) is 24.3 Å². The number of hydrogen-bond acceptors (Lipinski definition) is 4. The van der Waals surface area contributed by atoms with E-state index in [1.807, 2.05) is 24.3 Å². The van der Waals surface area contributed by atoms with Crippen molar-refractivity contribution in [3.8, 4) is 5.75 Å². The third-order valence-corrected chi connectivity index (χ3v) is 3.56. The second-order valence-electron chi connectivity index (χ2n) is 4.93. The summed E-state index contributed by atoms with van der Waals surface area (Å²) in [5.41, 5.74) is 6.80. The second kappa shape index (κ2) is 6.18. The fourth-order valence-corrected chi connectivity index (χ4v) is 2.31. The lowest BCUT2D eigenvalue weighted by atomic mass is 10.0. The van der Waals surface area contributed by atoms with Crippen LogP contribution in [0.3, 0.4) is 0 Å². The van der Waals surface area contributed by atoms with E-state index in [0.29, 0.717) is 12.6 Å². The normalized spacial score (nSPS) is 19.7. The molecule has 4 heteroatoms. The van der Waals surface area contributed by atoms with Crippen LogP contribution >= 0.6 is 0 Å². The molecule has 1 aromatic carbocycles. The van der Waals surface area contributed by atoms with Crippen LogP contribution in [-0.2, 0) is 0 Å². The molecule has 4 nitrogen and oxygen atoms in total. The molecule has 0 radical (unpaired) electrons. The maximum atomic E-state index is 10.2. The maximum absolute atomic E-state index is 10.2. The summed E-state index contributed by atoms with van der Waals surface area (Å²) in [6.07, 6.45) is 1.61. The molecule has 0 amide bonds. The number of hydrogen-bond donors (Lipinski definition) is 2. The molecule has 1 aliphatic rings. The van der Waals surface area contributed by atoms with Gasteiger partial charge in [-0.3, -0.25) is 0 Å². The second-order valence-corrected chi connectivity index (χ2v) is 4.93. The molecule has 0 spiro atoms. The van der Waals surface area contributed by atoms with Crippen LogP contribution in [0.1, 0.15) is 24.5 Å². The van der Waals surface area contributed by atoms with E-state index in [4.69, 9.17) is 10.5 Å². The van der Waals surface area contributed by atoms with Crippen molar-refractivity contribution in [2.75, 3.05) is 26.7 Å². The Kier molecular flexibility index (Phi) is 4.58. The molecule has 0 saturated carbocycles. The molecule has 2 rings (SSSR count). The van der Waals surface area contributed by atoms with Crippen molar-refractivity contribution < 1.29 is 9.84 Å². The van der Waals surface area contributed by atoms with Crippen LogP contribution in [0, 0.1) is 0 Å². The Balaban J connectivity index is 1.88. The number of benzene rings is 1. The van der Waals surface area contributed by atoms with Crippen molar-refractivity contribution in [1.29, 1.82) is 0 Å². The average molecular weight is 250 g/mol. The van der Waals surface area contributed by atoms with Crippen LogP contribution in [0.25, 0.3) is 0 Å². The molecule has 1 atom stereocenters. The van der Waals surface area contributed by atoms with Gasteiger partial charge in [-0.1, -0.05) is 12.1 Å². The minimum absolute atomic E-state index is 0.333. The van der Waals surface area contributed by atoms with Gasteiger partial charge in [0, 0.05) is 12.6 Å². The van der Waals surface area contributed by atoms with E-state index in [2.05, 4.69) is 4.90 Å². The summed E-state index contributed by atoms with van der Waals surface area (Å²) in [6, 6.07) is 7.92. The smallest absolute Gasteiger partial charge is 0.118 e. The molecule has 0 aromatic heterocycles. The highest BCUT2D eigenvalue weighted by Gasteiger charge is 2.19. The monoisotopic (exact) mass is 250 g/mol. The molecular formula is C14H22N2O2. The van der Waals surface area contributed by atoms with Crippen LogP contribution in [0.2, 0.25) is 0 Å². The Morgan fingerprint density at radius 3 is 2.50 bits per heavy atom. The van der Waals surface area contributed by atoms with Gasteiger partial charge in [0.05, 0.1) is 13.2 Å². The Labute approximate surface area is 108 Å². The number of methoxy groups -OCH3 is 1. The van der Waals surface area contributed by atoms with Gasteiger partial charge in [-0.15, -0.1) is 0 Å².